The first-order chi connectivity index (χ1) is 7.65. The van der Waals surface area contributed by atoms with E-state index in [0.717, 1.165) is 12.3 Å². The Morgan fingerprint density at radius 2 is 2.06 bits per heavy atom. The first-order valence-corrected chi connectivity index (χ1v) is 7.02. The van der Waals surface area contributed by atoms with E-state index in [-0.39, 0.29) is 6.61 Å². The SMILES string of the molecule is CCC1CCCC(NC(CO)CC(C)C)C1. The third kappa shape index (κ3) is 4.84. The van der Waals surface area contributed by atoms with Gasteiger partial charge in [0, 0.05) is 12.1 Å². The largest absolute Gasteiger partial charge is 0.395 e. The summed E-state index contributed by atoms with van der Waals surface area (Å²) in [5.74, 6) is 1.57. The van der Waals surface area contributed by atoms with E-state index in [1.54, 1.807) is 0 Å². The van der Waals surface area contributed by atoms with Crippen molar-refractivity contribution in [1.82, 2.24) is 5.32 Å². The van der Waals surface area contributed by atoms with Crippen molar-refractivity contribution in [2.45, 2.75) is 71.4 Å². The summed E-state index contributed by atoms with van der Waals surface area (Å²) < 4.78 is 0. The average Bonchev–Trinajstić information content (AvgIpc) is 2.28. The van der Waals surface area contributed by atoms with Crippen molar-refractivity contribution in [3.05, 3.63) is 0 Å². The van der Waals surface area contributed by atoms with Gasteiger partial charge in [0.15, 0.2) is 0 Å². The van der Waals surface area contributed by atoms with Crippen molar-refractivity contribution in [3.63, 3.8) is 0 Å². The van der Waals surface area contributed by atoms with Crippen molar-refractivity contribution in [2.24, 2.45) is 11.8 Å². The molecule has 3 atom stereocenters. The number of rotatable bonds is 6. The number of hydrogen-bond donors (Lipinski definition) is 2. The molecule has 0 spiro atoms. The second kappa shape index (κ2) is 7.29. The van der Waals surface area contributed by atoms with Gasteiger partial charge in [-0.1, -0.05) is 40.0 Å². The zero-order valence-electron chi connectivity index (χ0n) is 11.2. The van der Waals surface area contributed by atoms with Crippen LogP contribution in [0.15, 0.2) is 0 Å². The van der Waals surface area contributed by atoms with Gasteiger partial charge < -0.3 is 10.4 Å². The summed E-state index contributed by atoms with van der Waals surface area (Å²) in [5.41, 5.74) is 0. The summed E-state index contributed by atoms with van der Waals surface area (Å²) >= 11 is 0. The Kier molecular flexibility index (Phi) is 6.37. The summed E-state index contributed by atoms with van der Waals surface area (Å²) in [5, 5.41) is 13.0. The van der Waals surface area contributed by atoms with Gasteiger partial charge in [-0.2, -0.15) is 0 Å². The molecule has 2 N–H and O–H groups in total. The summed E-state index contributed by atoms with van der Waals surface area (Å²) in [7, 11) is 0. The third-order valence-corrected chi connectivity index (χ3v) is 3.81. The van der Waals surface area contributed by atoms with Crippen LogP contribution in [0.4, 0.5) is 0 Å². The molecule has 0 heterocycles. The van der Waals surface area contributed by atoms with E-state index in [2.05, 4.69) is 26.1 Å². The van der Waals surface area contributed by atoms with E-state index in [4.69, 9.17) is 0 Å². The summed E-state index contributed by atoms with van der Waals surface area (Å²) in [6, 6.07) is 0.954. The Balaban J connectivity index is 2.33. The van der Waals surface area contributed by atoms with E-state index >= 15 is 0 Å². The van der Waals surface area contributed by atoms with Crippen LogP contribution < -0.4 is 5.32 Å². The molecule has 0 amide bonds. The Labute approximate surface area is 101 Å². The molecule has 3 unspecified atom stereocenters. The maximum Gasteiger partial charge on any atom is 0.0584 e. The summed E-state index contributed by atoms with van der Waals surface area (Å²) in [4.78, 5) is 0. The van der Waals surface area contributed by atoms with Crippen molar-refractivity contribution in [3.8, 4) is 0 Å². The zero-order chi connectivity index (χ0) is 12.0. The van der Waals surface area contributed by atoms with Crippen LogP contribution in [0.2, 0.25) is 0 Å². The molecule has 0 bridgehead atoms. The molecule has 0 aromatic heterocycles. The molecule has 2 heteroatoms. The Bertz CT molecular complexity index is 182. The van der Waals surface area contributed by atoms with Gasteiger partial charge in [0.05, 0.1) is 6.61 Å². The minimum atomic E-state index is 0.283. The Morgan fingerprint density at radius 3 is 2.62 bits per heavy atom. The quantitative estimate of drug-likeness (QED) is 0.731. The van der Waals surface area contributed by atoms with Crippen molar-refractivity contribution in [1.29, 1.82) is 0 Å². The van der Waals surface area contributed by atoms with Crippen molar-refractivity contribution >= 4 is 0 Å². The van der Waals surface area contributed by atoms with Gasteiger partial charge in [0.1, 0.15) is 0 Å². The highest BCUT2D eigenvalue weighted by Gasteiger charge is 2.22. The number of hydrogen-bond acceptors (Lipinski definition) is 2. The molecule has 2 nitrogen and oxygen atoms in total. The van der Waals surface area contributed by atoms with Gasteiger partial charge in [-0.3, -0.25) is 0 Å². The molecular formula is C14H29NO. The van der Waals surface area contributed by atoms with E-state index in [9.17, 15) is 5.11 Å². The average molecular weight is 227 g/mol. The van der Waals surface area contributed by atoms with Crippen LogP contribution in [0.5, 0.6) is 0 Å². The lowest BCUT2D eigenvalue weighted by Gasteiger charge is -2.32. The second-order valence-electron chi connectivity index (χ2n) is 5.81. The second-order valence-corrected chi connectivity index (χ2v) is 5.81. The van der Waals surface area contributed by atoms with Crippen LogP contribution in [-0.2, 0) is 0 Å². The lowest BCUT2D eigenvalue weighted by Crippen LogP contribution is -2.43. The van der Waals surface area contributed by atoms with Crippen LogP contribution in [0.3, 0.4) is 0 Å². The van der Waals surface area contributed by atoms with E-state index in [1.807, 2.05) is 0 Å². The fourth-order valence-corrected chi connectivity index (χ4v) is 2.91. The van der Waals surface area contributed by atoms with Crippen molar-refractivity contribution < 1.29 is 5.11 Å². The molecule has 1 fully saturated rings. The van der Waals surface area contributed by atoms with Crippen LogP contribution in [0.1, 0.15) is 59.3 Å². The van der Waals surface area contributed by atoms with Crippen molar-refractivity contribution in [2.75, 3.05) is 6.61 Å². The van der Waals surface area contributed by atoms with Crippen LogP contribution in [-0.4, -0.2) is 23.8 Å². The fraction of sp³-hybridized carbons (Fsp3) is 1.00. The van der Waals surface area contributed by atoms with Crippen LogP contribution in [0.25, 0.3) is 0 Å². The molecule has 1 aliphatic carbocycles. The van der Waals surface area contributed by atoms with Gasteiger partial charge in [0.25, 0.3) is 0 Å². The van der Waals surface area contributed by atoms with Gasteiger partial charge in [0.2, 0.25) is 0 Å². The van der Waals surface area contributed by atoms with Gasteiger partial charge in [-0.25, -0.2) is 0 Å². The fourth-order valence-electron chi connectivity index (χ4n) is 2.91. The monoisotopic (exact) mass is 227 g/mol. The molecule has 0 radical (unpaired) electrons. The molecule has 0 aromatic carbocycles. The Hall–Kier alpha value is -0.0800. The summed E-state index contributed by atoms with van der Waals surface area (Å²) in [6.45, 7) is 7.02. The molecule has 1 saturated carbocycles. The zero-order valence-corrected chi connectivity index (χ0v) is 11.2. The van der Waals surface area contributed by atoms with E-state index in [0.29, 0.717) is 18.0 Å². The standard InChI is InChI=1S/C14H29NO/c1-4-12-6-5-7-13(9-12)15-14(10-16)8-11(2)3/h11-16H,4-10H2,1-3H3. The smallest absolute Gasteiger partial charge is 0.0584 e. The first kappa shape index (κ1) is 14.0. The minimum absolute atomic E-state index is 0.283. The third-order valence-electron chi connectivity index (χ3n) is 3.81. The maximum atomic E-state index is 9.37. The molecule has 96 valence electrons. The van der Waals surface area contributed by atoms with Gasteiger partial charge >= 0.3 is 0 Å². The lowest BCUT2D eigenvalue weighted by molar-refractivity contribution is 0.187. The number of nitrogens with one attached hydrogen (secondary N) is 1. The molecular weight excluding hydrogens is 198 g/mol. The Morgan fingerprint density at radius 1 is 1.31 bits per heavy atom. The van der Waals surface area contributed by atoms with Crippen LogP contribution >= 0.6 is 0 Å². The van der Waals surface area contributed by atoms with Gasteiger partial charge in [-0.15, -0.1) is 0 Å². The lowest BCUT2D eigenvalue weighted by atomic mass is 9.83. The molecule has 0 aromatic rings. The first-order valence-electron chi connectivity index (χ1n) is 7.02. The highest BCUT2D eigenvalue weighted by Crippen LogP contribution is 2.27. The topological polar surface area (TPSA) is 32.3 Å². The number of aliphatic hydroxyl groups is 1. The maximum absolute atomic E-state index is 9.37. The molecule has 0 aliphatic heterocycles. The van der Waals surface area contributed by atoms with Gasteiger partial charge in [-0.05, 0) is 31.1 Å². The molecule has 16 heavy (non-hydrogen) atoms. The molecule has 1 rings (SSSR count). The normalized spacial score (nSPS) is 28.3. The molecule has 0 saturated heterocycles. The van der Waals surface area contributed by atoms with Crippen LogP contribution in [0, 0.1) is 11.8 Å². The minimum Gasteiger partial charge on any atom is -0.395 e. The van der Waals surface area contributed by atoms with E-state index in [1.165, 1.54) is 32.1 Å². The summed E-state index contributed by atoms with van der Waals surface area (Å²) in [6.07, 6.45) is 7.77. The highest BCUT2D eigenvalue weighted by atomic mass is 16.3. The molecule has 1 aliphatic rings. The van der Waals surface area contributed by atoms with E-state index < -0.39 is 0 Å². The predicted octanol–water partition coefficient (Wildman–Crippen LogP) is 2.95. The highest BCUT2D eigenvalue weighted by molar-refractivity contribution is 4.81. The number of aliphatic hydroxyl groups excluding tert-OH is 1. The predicted molar refractivity (Wildman–Crippen MR) is 69.5 cm³/mol.